The van der Waals surface area contributed by atoms with Gasteiger partial charge in [0.05, 0.1) is 0 Å². The van der Waals surface area contributed by atoms with Gasteiger partial charge in [-0.2, -0.15) is 0 Å². The van der Waals surface area contributed by atoms with Crippen molar-refractivity contribution in [1.82, 2.24) is 4.90 Å². The summed E-state index contributed by atoms with van der Waals surface area (Å²) in [5.41, 5.74) is 7.44. The highest BCUT2D eigenvalue weighted by molar-refractivity contribution is 5.94. The molecule has 2 rings (SSSR count). The van der Waals surface area contributed by atoms with Crippen molar-refractivity contribution in [3.63, 3.8) is 0 Å². The Labute approximate surface area is 134 Å². The van der Waals surface area contributed by atoms with E-state index in [0.29, 0.717) is 18.4 Å². The molecular weight excluding hydrogens is 284 g/mol. The minimum Gasteiger partial charge on any atom is -0.338 e. The molecule has 2 N–H and O–H groups in total. The van der Waals surface area contributed by atoms with Gasteiger partial charge >= 0.3 is 0 Å². The number of carbonyl (C=O) groups excluding carboxylic acids is 1. The molecule has 1 saturated heterocycles. The third-order valence-corrected chi connectivity index (χ3v) is 4.05. The van der Waals surface area contributed by atoms with Crippen molar-refractivity contribution >= 4 is 18.3 Å². The fourth-order valence-electron chi connectivity index (χ4n) is 3.07. The summed E-state index contributed by atoms with van der Waals surface area (Å²) in [7, 11) is 0. The highest BCUT2D eigenvalue weighted by Crippen LogP contribution is 2.24. The van der Waals surface area contributed by atoms with Crippen molar-refractivity contribution < 1.29 is 4.79 Å². The number of piperidine rings is 1. The lowest BCUT2D eigenvalue weighted by atomic mass is 9.89. The Morgan fingerprint density at radius 3 is 2.57 bits per heavy atom. The summed E-state index contributed by atoms with van der Waals surface area (Å²) in [5.74, 6) is 1.54. The molecule has 1 amide bonds. The first-order chi connectivity index (χ1) is 9.60. The SMILES string of the molecule is CC(C)CC1CCCN(C(=O)c2ccc(CN)cc2)C1.Cl. The second-order valence-corrected chi connectivity index (χ2v) is 6.29. The van der Waals surface area contributed by atoms with Gasteiger partial charge in [-0.15, -0.1) is 12.4 Å². The Morgan fingerprint density at radius 1 is 1.33 bits per heavy atom. The number of hydrogen-bond donors (Lipinski definition) is 1. The van der Waals surface area contributed by atoms with Gasteiger partial charge < -0.3 is 10.6 Å². The number of halogens is 1. The molecule has 1 aromatic carbocycles. The molecule has 0 saturated carbocycles. The van der Waals surface area contributed by atoms with Gasteiger partial charge in [0.1, 0.15) is 0 Å². The molecule has 118 valence electrons. The maximum absolute atomic E-state index is 12.5. The number of likely N-dealkylation sites (tertiary alicyclic amines) is 1. The molecule has 0 spiro atoms. The van der Waals surface area contributed by atoms with E-state index in [1.165, 1.54) is 12.8 Å². The summed E-state index contributed by atoms with van der Waals surface area (Å²) in [5, 5.41) is 0. The van der Waals surface area contributed by atoms with Crippen molar-refractivity contribution in [3.05, 3.63) is 35.4 Å². The van der Waals surface area contributed by atoms with Crippen LogP contribution in [0, 0.1) is 11.8 Å². The van der Waals surface area contributed by atoms with E-state index < -0.39 is 0 Å². The van der Waals surface area contributed by atoms with Gasteiger partial charge in [0, 0.05) is 25.2 Å². The summed E-state index contributed by atoms with van der Waals surface area (Å²) in [4.78, 5) is 14.5. The molecule has 1 atom stereocenters. The van der Waals surface area contributed by atoms with E-state index in [4.69, 9.17) is 5.73 Å². The number of benzene rings is 1. The Hall–Kier alpha value is -1.06. The number of nitrogens with zero attached hydrogens (tertiary/aromatic N) is 1. The molecule has 1 aromatic rings. The molecule has 1 fully saturated rings. The smallest absolute Gasteiger partial charge is 0.253 e. The van der Waals surface area contributed by atoms with Gasteiger partial charge in [-0.25, -0.2) is 0 Å². The Kier molecular flexibility index (Phi) is 7.20. The number of hydrogen-bond acceptors (Lipinski definition) is 2. The largest absolute Gasteiger partial charge is 0.338 e. The first-order valence-corrected chi connectivity index (χ1v) is 7.68. The molecule has 0 bridgehead atoms. The van der Waals surface area contributed by atoms with E-state index >= 15 is 0 Å². The average Bonchev–Trinajstić information content (AvgIpc) is 2.46. The van der Waals surface area contributed by atoms with Crippen LogP contribution in [0.5, 0.6) is 0 Å². The monoisotopic (exact) mass is 310 g/mol. The lowest BCUT2D eigenvalue weighted by Gasteiger charge is -2.33. The first-order valence-electron chi connectivity index (χ1n) is 7.68. The van der Waals surface area contributed by atoms with Crippen LogP contribution in [0.2, 0.25) is 0 Å². The molecule has 1 unspecified atom stereocenters. The molecule has 1 aliphatic rings. The summed E-state index contributed by atoms with van der Waals surface area (Å²) in [6.45, 7) is 6.84. The Balaban J connectivity index is 0.00000220. The van der Waals surface area contributed by atoms with Crippen LogP contribution in [-0.4, -0.2) is 23.9 Å². The lowest BCUT2D eigenvalue weighted by Crippen LogP contribution is -2.40. The number of rotatable bonds is 4. The Bertz CT molecular complexity index is 445. The van der Waals surface area contributed by atoms with Gasteiger partial charge in [-0.1, -0.05) is 26.0 Å². The van der Waals surface area contributed by atoms with Crippen molar-refractivity contribution in [1.29, 1.82) is 0 Å². The molecule has 1 heterocycles. The van der Waals surface area contributed by atoms with Crippen LogP contribution in [0.3, 0.4) is 0 Å². The summed E-state index contributed by atoms with van der Waals surface area (Å²) < 4.78 is 0. The summed E-state index contributed by atoms with van der Waals surface area (Å²) in [6, 6.07) is 7.69. The van der Waals surface area contributed by atoms with Gasteiger partial charge in [0.25, 0.3) is 5.91 Å². The average molecular weight is 311 g/mol. The zero-order chi connectivity index (χ0) is 14.5. The van der Waals surface area contributed by atoms with E-state index in [0.717, 1.165) is 30.6 Å². The van der Waals surface area contributed by atoms with Crippen LogP contribution in [0.15, 0.2) is 24.3 Å². The maximum atomic E-state index is 12.5. The van der Waals surface area contributed by atoms with Crippen molar-refractivity contribution in [2.45, 2.75) is 39.7 Å². The molecule has 0 aliphatic carbocycles. The van der Waals surface area contributed by atoms with Crippen LogP contribution in [0.25, 0.3) is 0 Å². The van der Waals surface area contributed by atoms with Crippen LogP contribution in [0.4, 0.5) is 0 Å². The molecule has 0 radical (unpaired) electrons. The molecule has 21 heavy (non-hydrogen) atoms. The fraction of sp³-hybridized carbons (Fsp3) is 0.588. The standard InChI is InChI=1S/C17H26N2O.ClH/c1-13(2)10-15-4-3-9-19(12-15)17(20)16-7-5-14(11-18)6-8-16;/h5-8,13,15H,3-4,9-12,18H2,1-2H3;1H. The zero-order valence-corrected chi connectivity index (χ0v) is 13.9. The lowest BCUT2D eigenvalue weighted by molar-refractivity contribution is 0.0659. The third kappa shape index (κ3) is 5.01. The maximum Gasteiger partial charge on any atom is 0.253 e. The van der Waals surface area contributed by atoms with Crippen molar-refractivity contribution in [2.24, 2.45) is 17.6 Å². The van der Waals surface area contributed by atoms with E-state index in [-0.39, 0.29) is 18.3 Å². The molecule has 3 nitrogen and oxygen atoms in total. The van der Waals surface area contributed by atoms with Crippen LogP contribution < -0.4 is 5.73 Å². The Morgan fingerprint density at radius 2 is 2.00 bits per heavy atom. The van der Waals surface area contributed by atoms with Gasteiger partial charge in [0.15, 0.2) is 0 Å². The highest BCUT2D eigenvalue weighted by atomic mass is 35.5. The van der Waals surface area contributed by atoms with Crippen molar-refractivity contribution in [2.75, 3.05) is 13.1 Å². The van der Waals surface area contributed by atoms with E-state index in [2.05, 4.69) is 13.8 Å². The number of amides is 1. The van der Waals surface area contributed by atoms with E-state index in [1.807, 2.05) is 29.2 Å². The molecule has 1 aliphatic heterocycles. The van der Waals surface area contributed by atoms with Gasteiger partial charge in [-0.05, 0) is 48.8 Å². The van der Waals surface area contributed by atoms with Crippen LogP contribution in [0.1, 0.15) is 49.0 Å². The quantitative estimate of drug-likeness (QED) is 0.925. The number of nitrogens with two attached hydrogens (primary N) is 1. The second kappa shape index (κ2) is 8.40. The molecule has 0 aromatic heterocycles. The zero-order valence-electron chi connectivity index (χ0n) is 13.0. The van der Waals surface area contributed by atoms with E-state index in [1.54, 1.807) is 0 Å². The van der Waals surface area contributed by atoms with E-state index in [9.17, 15) is 4.79 Å². The highest BCUT2D eigenvalue weighted by Gasteiger charge is 2.24. The van der Waals surface area contributed by atoms with Gasteiger partial charge in [0.2, 0.25) is 0 Å². The fourth-order valence-corrected chi connectivity index (χ4v) is 3.07. The predicted octanol–water partition coefficient (Wildman–Crippen LogP) is 3.47. The van der Waals surface area contributed by atoms with Gasteiger partial charge in [-0.3, -0.25) is 4.79 Å². The normalized spacial score (nSPS) is 18.5. The van der Waals surface area contributed by atoms with Crippen molar-refractivity contribution in [3.8, 4) is 0 Å². The minimum absolute atomic E-state index is 0. The minimum atomic E-state index is 0. The first kappa shape index (κ1) is 18.0. The third-order valence-electron chi connectivity index (χ3n) is 4.05. The summed E-state index contributed by atoms with van der Waals surface area (Å²) in [6.07, 6.45) is 3.61. The predicted molar refractivity (Wildman–Crippen MR) is 89.7 cm³/mol. The van der Waals surface area contributed by atoms with Crippen LogP contribution >= 0.6 is 12.4 Å². The second-order valence-electron chi connectivity index (χ2n) is 6.29. The molecular formula is C17H27ClN2O. The molecule has 4 heteroatoms. The topological polar surface area (TPSA) is 46.3 Å². The number of carbonyl (C=O) groups is 1. The van der Waals surface area contributed by atoms with Crippen LogP contribution in [-0.2, 0) is 6.54 Å². The summed E-state index contributed by atoms with van der Waals surface area (Å²) >= 11 is 0.